The highest BCUT2D eigenvalue weighted by atomic mass is 19.4. The summed E-state index contributed by atoms with van der Waals surface area (Å²) in [6.45, 7) is 0. The molecule has 2 amide bonds. The van der Waals surface area contributed by atoms with Gasteiger partial charge in [-0.05, 0) is 24.3 Å². The number of para-hydroxylation sites is 1. The Morgan fingerprint density at radius 3 is 1.86 bits per heavy atom. The molecule has 0 saturated carbocycles. The molecule has 0 aliphatic carbocycles. The van der Waals surface area contributed by atoms with Crippen LogP contribution in [0.15, 0.2) is 42.5 Å². The summed E-state index contributed by atoms with van der Waals surface area (Å²) in [5, 5.41) is 0. The Morgan fingerprint density at radius 1 is 0.818 bits per heavy atom. The number of nitrogens with zero attached hydrogens (tertiary/aromatic N) is 1. The molecular weight excluding hydrogens is 302 g/mol. The third-order valence-corrected chi connectivity index (χ3v) is 3.31. The van der Waals surface area contributed by atoms with Gasteiger partial charge in [0.05, 0.1) is 16.7 Å². The third-order valence-electron chi connectivity index (χ3n) is 3.31. The fraction of sp³-hybridized carbons (Fsp3) is 0.0667. The molecule has 0 atom stereocenters. The highest BCUT2D eigenvalue weighted by Gasteiger charge is 2.43. The number of rotatable bonds is 1. The predicted octanol–water partition coefficient (Wildman–Crippen LogP) is 3.65. The second-order valence-electron chi connectivity index (χ2n) is 4.63. The first-order valence-corrected chi connectivity index (χ1v) is 6.16. The number of carbonyl (C=O) groups excluding carboxylic acids is 2. The van der Waals surface area contributed by atoms with Crippen molar-refractivity contribution in [1.29, 1.82) is 0 Å². The van der Waals surface area contributed by atoms with Crippen LogP contribution in [0.2, 0.25) is 0 Å². The normalized spacial score (nSPS) is 14.5. The summed E-state index contributed by atoms with van der Waals surface area (Å²) >= 11 is 0. The van der Waals surface area contributed by atoms with Crippen molar-refractivity contribution in [3.05, 3.63) is 65.0 Å². The molecule has 3 nitrogen and oxygen atoms in total. The molecule has 0 bridgehead atoms. The van der Waals surface area contributed by atoms with Crippen LogP contribution < -0.4 is 4.90 Å². The van der Waals surface area contributed by atoms with Gasteiger partial charge < -0.3 is 0 Å². The van der Waals surface area contributed by atoms with Crippen molar-refractivity contribution in [3.63, 3.8) is 0 Å². The quantitative estimate of drug-likeness (QED) is 0.596. The maximum absolute atomic E-state index is 14.0. The van der Waals surface area contributed by atoms with Crippen LogP contribution in [0.3, 0.4) is 0 Å². The van der Waals surface area contributed by atoms with E-state index < -0.39 is 35.1 Å². The zero-order chi connectivity index (χ0) is 16.1. The summed E-state index contributed by atoms with van der Waals surface area (Å²) in [7, 11) is 0. The molecule has 0 saturated heterocycles. The van der Waals surface area contributed by atoms with Gasteiger partial charge in [0.25, 0.3) is 11.8 Å². The van der Waals surface area contributed by atoms with E-state index in [2.05, 4.69) is 0 Å². The van der Waals surface area contributed by atoms with Gasteiger partial charge in [-0.25, -0.2) is 9.29 Å². The van der Waals surface area contributed by atoms with E-state index in [0.717, 1.165) is 12.1 Å². The van der Waals surface area contributed by atoms with Crippen molar-refractivity contribution in [3.8, 4) is 0 Å². The number of amides is 2. The number of anilines is 1. The summed E-state index contributed by atoms with van der Waals surface area (Å²) in [4.78, 5) is 24.7. The fourth-order valence-corrected chi connectivity index (χ4v) is 2.36. The second-order valence-corrected chi connectivity index (χ2v) is 4.63. The van der Waals surface area contributed by atoms with E-state index >= 15 is 0 Å². The molecule has 3 rings (SSSR count). The summed E-state index contributed by atoms with van der Waals surface area (Å²) in [5.74, 6) is -3.24. The molecule has 0 radical (unpaired) electrons. The van der Waals surface area contributed by atoms with E-state index in [0.29, 0.717) is 6.07 Å². The predicted molar refractivity (Wildman–Crippen MR) is 69.0 cm³/mol. The number of hydrogen-bond donors (Lipinski definition) is 0. The minimum absolute atomic E-state index is 0.0520. The first-order valence-electron chi connectivity index (χ1n) is 6.16. The number of alkyl halides is 3. The van der Waals surface area contributed by atoms with Gasteiger partial charge in [0, 0.05) is 0 Å². The standard InChI is InChI=1S/C15H7F4NO2/c16-11-7-3-6-10(15(17,18)19)12(11)20-13(21)8-4-1-2-5-9(8)14(20)22/h1-7H. The molecule has 22 heavy (non-hydrogen) atoms. The van der Waals surface area contributed by atoms with Gasteiger partial charge in [0.2, 0.25) is 0 Å². The zero-order valence-corrected chi connectivity index (χ0v) is 10.8. The first kappa shape index (κ1) is 14.2. The highest BCUT2D eigenvalue weighted by molar-refractivity contribution is 6.34. The largest absolute Gasteiger partial charge is 0.418 e. The minimum atomic E-state index is -4.90. The Bertz CT molecular complexity index is 763. The van der Waals surface area contributed by atoms with E-state index in [4.69, 9.17) is 0 Å². The van der Waals surface area contributed by atoms with Gasteiger partial charge in [-0.2, -0.15) is 13.2 Å². The number of fused-ring (bicyclic) bond motifs is 1. The van der Waals surface area contributed by atoms with Crippen molar-refractivity contribution in [2.75, 3.05) is 4.90 Å². The average Bonchev–Trinajstić information content (AvgIpc) is 2.71. The van der Waals surface area contributed by atoms with E-state index in [9.17, 15) is 27.2 Å². The smallest absolute Gasteiger partial charge is 0.268 e. The molecule has 0 unspecified atom stereocenters. The van der Waals surface area contributed by atoms with E-state index in [1.807, 2.05) is 0 Å². The Morgan fingerprint density at radius 2 is 1.36 bits per heavy atom. The number of hydrogen-bond acceptors (Lipinski definition) is 2. The number of halogens is 4. The molecule has 7 heteroatoms. The van der Waals surface area contributed by atoms with Gasteiger partial charge in [-0.1, -0.05) is 18.2 Å². The van der Waals surface area contributed by atoms with Crippen molar-refractivity contribution >= 4 is 17.5 Å². The van der Waals surface area contributed by atoms with Crippen LogP contribution >= 0.6 is 0 Å². The Labute approximate surface area is 121 Å². The minimum Gasteiger partial charge on any atom is -0.268 e. The van der Waals surface area contributed by atoms with Crippen LogP contribution in [-0.4, -0.2) is 11.8 Å². The number of imide groups is 1. The monoisotopic (exact) mass is 309 g/mol. The van der Waals surface area contributed by atoms with Gasteiger partial charge in [0.1, 0.15) is 11.5 Å². The topological polar surface area (TPSA) is 37.4 Å². The molecule has 112 valence electrons. The van der Waals surface area contributed by atoms with Crippen LogP contribution in [0.25, 0.3) is 0 Å². The second kappa shape index (κ2) is 4.66. The zero-order valence-electron chi connectivity index (χ0n) is 10.8. The molecule has 2 aromatic carbocycles. The molecule has 0 fully saturated rings. The lowest BCUT2D eigenvalue weighted by Crippen LogP contribution is -2.32. The van der Waals surface area contributed by atoms with E-state index in [1.54, 1.807) is 0 Å². The molecule has 1 aliphatic heterocycles. The summed E-state index contributed by atoms with van der Waals surface area (Å²) in [6.07, 6.45) is -4.90. The van der Waals surface area contributed by atoms with Crippen molar-refractivity contribution in [2.45, 2.75) is 6.18 Å². The lowest BCUT2D eigenvalue weighted by molar-refractivity contribution is -0.137. The maximum Gasteiger partial charge on any atom is 0.418 e. The number of benzene rings is 2. The Balaban J connectivity index is 2.23. The van der Waals surface area contributed by atoms with Crippen LogP contribution in [0.4, 0.5) is 23.2 Å². The molecule has 1 aliphatic rings. The Kier molecular flexibility index (Phi) is 3.01. The average molecular weight is 309 g/mol. The van der Waals surface area contributed by atoms with E-state index in [-0.39, 0.29) is 16.0 Å². The van der Waals surface area contributed by atoms with E-state index in [1.165, 1.54) is 24.3 Å². The number of carbonyl (C=O) groups is 2. The fourth-order valence-electron chi connectivity index (χ4n) is 2.36. The highest BCUT2D eigenvalue weighted by Crippen LogP contribution is 2.40. The Hall–Kier alpha value is -2.70. The van der Waals surface area contributed by atoms with Gasteiger partial charge in [0.15, 0.2) is 0 Å². The molecule has 0 N–H and O–H groups in total. The van der Waals surface area contributed by atoms with Gasteiger partial charge in [-0.15, -0.1) is 0 Å². The van der Waals surface area contributed by atoms with Crippen molar-refractivity contribution in [2.24, 2.45) is 0 Å². The summed E-state index contributed by atoms with van der Waals surface area (Å²) in [6, 6.07) is 7.84. The molecule has 0 aromatic heterocycles. The molecule has 1 heterocycles. The van der Waals surface area contributed by atoms with Crippen LogP contribution in [-0.2, 0) is 6.18 Å². The summed E-state index contributed by atoms with van der Waals surface area (Å²) < 4.78 is 53.1. The lowest BCUT2D eigenvalue weighted by atomic mass is 10.1. The van der Waals surface area contributed by atoms with Crippen LogP contribution in [0, 0.1) is 5.82 Å². The summed E-state index contributed by atoms with van der Waals surface area (Å²) in [5.41, 5.74) is -2.55. The van der Waals surface area contributed by atoms with Crippen molar-refractivity contribution < 1.29 is 27.2 Å². The molecular formula is C15H7F4NO2. The van der Waals surface area contributed by atoms with Crippen LogP contribution in [0.5, 0.6) is 0 Å². The lowest BCUT2D eigenvalue weighted by Gasteiger charge is -2.20. The SMILES string of the molecule is O=C1c2ccccc2C(=O)N1c1c(F)cccc1C(F)(F)F. The van der Waals surface area contributed by atoms with Crippen molar-refractivity contribution in [1.82, 2.24) is 0 Å². The molecule has 2 aromatic rings. The maximum atomic E-state index is 14.0. The first-order chi connectivity index (χ1) is 10.3. The van der Waals surface area contributed by atoms with Crippen LogP contribution in [0.1, 0.15) is 26.3 Å². The third kappa shape index (κ3) is 1.97. The van der Waals surface area contributed by atoms with Gasteiger partial charge in [-0.3, -0.25) is 9.59 Å². The van der Waals surface area contributed by atoms with Gasteiger partial charge >= 0.3 is 6.18 Å². The molecule has 0 spiro atoms.